The lowest BCUT2D eigenvalue weighted by Gasteiger charge is -2.13. The molecule has 3 rings (SSSR count). The average Bonchev–Trinajstić information content (AvgIpc) is 2.75. The molecule has 0 spiro atoms. The standard InChI is InChI=1S/C24H23F2N3O3/c1-2-32-23(30)11-16-8-6-15(7-9-16)10-17-12-22(19(14-28-17)24(27)31)29-13-18-20(25)4-3-5-21(18)26/h3-9,12,14H,2,10-11,13H2,1H3,(H2,27,31)(H,28,29). The van der Waals surface area contributed by atoms with Gasteiger partial charge in [-0.15, -0.1) is 0 Å². The molecule has 3 N–H and O–H groups in total. The number of hydrogen-bond donors (Lipinski definition) is 2. The number of carbonyl (C=O) groups excluding carboxylic acids is 2. The SMILES string of the molecule is CCOC(=O)Cc1ccc(Cc2cc(NCc3c(F)cccc3F)c(C(N)=O)cn2)cc1. The second-order valence-corrected chi connectivity index (χ2v) is 7.11. The van der Waals surface area contributed by atoms with Crippen molar-refractivity contribution in [3.8, 4) is 0 Å². The highest BCUT2D eigenvalue weighted by Crippen LogP contribution is 2.21. The first-order chi connectivity index (χ1) is 15.4. The number of ether oxygens (including phenoxy) is 1. The first kappa shape index (κ1) is 22.9. The average molecular weight is 439 g/mol. The molecule has 1 amide bonds. The number of carbonyl (C=O) groups is 2. The van der Waals surface area contributed by atoms with Gasteiger partial charge in [0, 0.05) is 30.4 Å². The first-order valence-electron chi connectivity index (χ1n) is 10.1. The molecule has 0 radical (unpaired) electrons. The molecule has 6 nitrogen and oxygen atoms in total. The number of hydrogen-bond acceptors (Lipinski definition) is 5. The molecule has 166 valence electrons. The smallest absolute Gasteiger partial charge is 0.310 e. The number of pyridine rings is 1. The van der Waals surface area contributed by atoms with Crippen LogP contribution in [0.25, 0.3) is 0 Å². The van der Waals surface area contributed by atoms with Crippen LogP contribution in [0.15, 0.2) is 54.7 Å². The van der Waals surface area contributed by atoms with E-state index >= 15 is 0 Å². The number of nitrogens with two attached hydrogens (primary N) is 1. The summed E-state index contributed by atoms with van der Waals surface area (Å²) in [6, 6.07) is 12.7. The van der Waals surface area contributed by atoms with E-state index in [1.54, 1.807) is 13.0 Å². The third-order valence-electron chi connectivity index (χ3n) is 4.81. The van der Waals surface area contributed by atoms with Gasteiger partial charge in [-0.2, -0.15) is 0 Å². The number of primary amides is 1. The fourth-order valence-electron chi connectivity index (χ4n) is 3.19. The van der Waals surface area contributed by atoms with Gasteiger partial charge in [-0.25, -0.2) is 8.78 Å². The number of esters is 1. The zero-order chi connectivity index (χ0) is 23.1. The van der Waals surface area contributed by atoms with Gasteiger partial charge in [-0.1, -0.05) is 30.3 Å². The predicted octanol–water partition coefficient (Wildman–Crippen LogP) is 3.77. The highest BCUT2D eigenvalue weighted by molar-refractivity contribution is 5.98. The minimum absolute atomic E-state index is 0.121. The molecule has 2 aromatic carbocycles. The van der Waals surface area contributed by atoms with Gasteiger partial charge >= 0.3 is 5.97 Å². The van der Waals surface area contributed by atoms with Crippen molar-refractivity contribution in [1.29, 1.82) is 0 Å². The number of amides is 1. The third kappa shape index (κ3) is 5.87. The Labute approximate surface area is 184 Å². The van der Waals surface area contributed by atoms with Crippen molar-refractivity contribution in [1.82, 2.24) is 4.98 Å². The Hall–Kier alpha value is -3.81. The van der Waals surface area contributed by atoms with Crippen LogP contribution in [0.1, 0.15) is 39.7 Å². The van der Waals surface area contributed by atoms with Crippen LogP contribution in [0.5, 0.6) is 0 Å². The van der Waals surface area contributed by atoms with E-state index < -0.39 is 17.5 Å². The van der Waals surface area contributed by atoms with Gasteiger partial charge in [-0.3, -0.25) is 14.6 Å². The van der Waals surface area contributed by atoms with Crippen LogP contribution in [0.2, 0.25) is 0 Å². The Bertz CT molecular complexity index is 1100. The van der Waals surface area contributed by atoms with Crippen LogP contribution in [-0.4, -0.2) is 23.5 Å². The topological polar surface area (TPSA) is 94.3 Å². The molecule has 1 heterocycles. The lowest BCUT2D eigenvalue weighted by molar-refractivity contribution is -0.142. The molecule has 0 aliphatic carbocycles. The molecule has 0 fully saturated rings. The Morgan fingerprint density at radius 3 is 2.34 bits per heavy atom. The normalized spacial score (nSPS) is 10.6. The first-order valence-corrected chi connectivity index (χ1v) is 10.1. The summed E-state index contributed by atoms with van der Waals surface area (Å²) in [5.41, 5.74) is 8.13. The Kier molecular flexibility index (Phi) is 7.49. The molecule has 0 bridgehead atoms. The second kappa shape index (κ2) is 10.5. The predicted molar refractivity (Wildman–Crippen MR) is 116 cm³/mol. The van der Waals surface area contributed by atoms with E-state index in [1.807, 2.05) is 24.3 Å². The lowest BCUT2D eigenvalue weighted by atomic mass is 10.0. The summed E-state index contributed by atoms with van der Waals surface area (Å²) in [4.78, 5) is 27.6. The van der Waals surface area contributed by atoms with Crippen LogP contribution >= 0.6 is 0 Å². The highest BCUT2D eigenvalue weighted by Gasteiger charge is 2.14. The zero-order valence-corrected chi connectivity index (χ0v) is 17.5. The van der Waals surface area contributed by atoms with Crippen molar-refractivity contribution >= 4 is 17.6 Å². The number of anilines is 1. The van der Waals surface area contributed by atoms with Crippen LogP contribution < -0.4 is 11.1 Å². The number of aromatic nitrogens is 1. The summed E-state index contributed by atoms with van der Waals surface area (Å²) in [5, 5.41) is 2.89. The van der Waals surface area contributed by atoms with Gasteiger partial charge in [0.2, 0.25) is 0 Å². The molecule has 0 aliphatic rings. The summed E-state index contributed by atoms with van der Waals surface area (Å²) < 4.78 is 32.8. The lowest BCUT2D eigenvalue weighted by Crippen LogP contribution is -2.16. The molecule has 1 aromatic heterocycles. The molecular formula is C24H23F2N3O3. The van der Waals surface area contributed by atoms with Gasteiger partial charge in [0.05, 0.1) is 24.3 Å². The molecule has 32 heavy (non-hydrogen) atoms. The molecule has 0 atom stereocenters. The Morgan fingerprint density at radius 2 is 1.72 bits per heavy atom. The van der Waals surface area contributed by atoms with Crippen molar-refractivity contribution < 1.29 is 23.1 Å². The van der Waals surface area contributed by atoms with Crippen LogP contribution in [0.4, 0.5) is 14.5 Å². The van der Waals surface area contributed by atoms with Gasteiger partial charge in [-0.05, 0) is 36.2 Å². The van der Waals surface area contributed by atoms with Crippen LogP contribution in [0, 0.1) is 11.6 Å². The fraction of sp³-hybridized carbons (Fsp3) is 0.208. The van der Waals surface area contributed by atoms with Gasteiger partial charge < -0.3 is 15.8 Å². The van der Waals surface area contributed by atoms with E-state index in [0.29, 0.717) is 24.4 Å². The van der Waals surface area contributed by atoms with Crippen molar-refractivity contribution in [2.75, 3.05) is 11.9 Å². The highest BCUT2D eigenvalue weighted by atomic mass is 19.1. The summed E-state index contributed by atoms with van der Waals surface area (Å²) in [5.74, 6) is -2.36. The summed E-state index contributed by atoms with van der Waals surface area (Å²) >= 11 is 0. The molecular weight excluding hydrogens is 416 g/mol. The fourth-order valence-corrected chi connectivity index (χ4v) is 3.19. The molecule has 0 aliphatic heterocycles. The quantitative estimate of drug-likeness (QED) is 0.495. The minimum atomic E-state index is -0.705. The molecule has 8 heteroatoms. The largest absolute Gasteiger partial charge is 0.466 e. The maximum absolute atomic E-state index is 13.9. The van der Waals surface area contributed by atoms with E-state index in [1.165, 1.54) is 24.4 Å². The summed E-state index contributed by atoms with van der Waals surface area (Å²) in [6.45, 7) is 1.93. The third-order valence-corrected chi connectivity index (χ3v) is 4.81. The number of nitrogens with one attached hydrogen (secondary N) is 1. The Balaban J connectivity index is 1.75. The minimum Gasteiger partial charge on any atom is -0.466 e. The Morgan fingerprint density at radius 1 is 1.06 bits per heavy atom. The maximum atomic E-state index is 13.9. The summed E-state index contributed by atoms with van der Waals surface area (Å²) in [7, 11) is 0. The van der Waals surface area contributed by atoms with E-state index in [4.69, 9.17) is 10.5 Å². The van der Waals surface area contributed by atoms with Gasteiger partial charge in [0.25, 0.3) is 5.91 Å². The molecule has 0 saturated heterocycles. The van der Waals surface area contributed by atoms with Crippen molar-refractivity contribution in [2.24, 2.45) is 5.73 Å². The van der Waals surface area contributed by atoms with Gasteiger partial charge in [0.15, 0.2) is 0 Å². The number of halogens is 2. The van der Waals surface area contributed by atoms with Crippen molar-refractivity contribution in [3.05, 3.63) is 94.3 Å². The van der Waals surface area contributed by atoms with E-state index in [9.17, 15) is 18.4 Å². The van der Waals surface area contributed by atoms with Crippen molar-refractivity contribution in [2.45, 2.75) is 26.3 Å². The van der Waals surface area contributed by atoms with E-state index in [2.05, 4.69) is 10.3 Å². The van der Waals surface area contributed by atoms with E-state index in [-0.39, 0.29) is 30.1 Å². The van der Waals surface area contributed by atoms with Gasteiger partial charge in [0.1, 0.15) is 11.6 Å². The van der Waals surface area contributed by atoms with Crippen LogP contribution in [-0.2, 0) is 28.9 Å². The number of rotatable bonds is 9. The second-order valence-electron chi connectivity index (χ2n) is 7.11. The molecule has 0 unspecified atom stereocenters. The van der Waals surface area contributed by atoms with Crippen LogP contribution in [0.3, 0.4) is 0 Å². The molecule has 3 aromatic rings. The number of benzene rings is 2. The molecule has 0 saturated carbocycles. The zero-order valence-electron chi connectivity index (χ0n) is 17.5. The monoisotopic (exact) mass is 439 g/mol. The summed E-state index contributed by atoms with van der Waals surface area (Å²) in [6.07, 6.45) is 1.98. The maximum Gasteiger partial charge on any atom is 0.310 e. The van der Waals surface area contributed by atoms with Crippen molar-refractivity contribution in [3.63, 3.8) is 0 Å². The number of nitrogens with zero attached hydrogens (tertiary/aromatic N) is 1. The van der Waals surface area contributed by atoms with E-state index in [0.717, 1.165) is 11.1 Å².